The van der Waals surface area contributed by atoms with Gasteiger partial charge in [0.25, 0.3) is 0 Å². The Balaban J connectivity index is 2.74. The summed E-state index contributed by atoms with van der Waals surface area (Å²) in [6.07, 6.45) is 9.49. The lowest BCUT2D eigenvalue weighted by atomic mass is 9.74. The van der Waals surface area contributed by atoms with E-state index in [0.717, 1.165) is 12.8 Å². The third-order valence-electron chi connectivity index (χ3n) is 4.34. The van der Waals surface area contributed by atoms with Crippen LogP contribution in [0.1, 0.15) is 80.1 Å². The third kappa shape index (κ3) is 4.35. The van der Waals surface area contributed by atoms with Crippen molar-refractivity contribution in [2.24, 2.45) is 0 Å². The molecule has 0 saturated carbocycles. The smallest absolute Gasteiger partial charge is 0.400 e. The van der Waals surface area contributed by atoms with E-state index in [1.165, 1.54) is 31.2 Å². The van der Waals surface area contributed by atoms with Gasteiger partial charge < -0.3 is 9.31 Å². The molecule has 110 valence electrons. The molecule has 1 heterocycles. The van der Waals surface area contributed by atoms with Crippen molar-refractivity contribution in [3.05, 3.63) is 11.5 Å². The first kappa shape index (κ1) is 16.8. The average Bonchev–Trinajstić information content (AvgIpc) is 2.53. The summed E-state index contributed by atoms with van der Waals surface area (Å²) in [4.78, 5) is 0. The molecule has 0 bridgehead atoms. The van der Waals surface area contributed by atoms with Crippen molar-refractivity contribution in [2.75, 3.05) is 0 Å². The first-order valence-corrected chi connectivity index (χ1v) is 7.88. The summed E-state index contributed by atoms with van der Waals surface area (Å²) >= 11 is 0. The zero-order valence-corrected chi connectivity index (χ0v) is 13.7. The van der Waals surface area contributed by atoms with Gasteiger partial charge in [-0.1, -0.05) is 45.6 Å². The first-order chi connectivity index (χ1) is 8.84. The average molecular weight is 266 g/mol. The van der Waals surface area contributed by atoms with Gasteiger partial charge in [0.05, 0.1) is 11.2 Å². The van der Waals surface area contributed by atoms with E-state index < -0.39 is 0 Å². The van der Waals surface area contributed by atoms with Gasteiger partial charge in [0, 0.05) is 0 Å². The van der Waals surface area contributed by atoms with Gasteiger partial charge in [0.2, 0.25) is 0 Å². The molecule has 0 aromatic carbocycles. The molecule has 0 radical (unpaired) electrons. The lowest BCUT2D eigenvalue weighted by Gasteiger charge is -2.32. The van der Waals surface area contributed by atoms with Crippen molar-refractivity contribution < 1.29 is 9.31 Å². The maximum atomic E-state index is 6.16. The maximum absolute atomic E-state index is 6.16. The summed E-state index contributed by atoms with van der Waals surface area (Å²) in [5.41, 5.74) is 0.885. The van der Waals surface area contributed by atoms with Crippen LogP contribution < -0.4 is 0 Å². The lowest BCUT2D eigenvalue weighted by molar-refractivity contribution is 0.00578. The van der Waals surface area contributed by atoms with Gasteiger partial charge in [-0.2, -0.15) is 0 Å². The topological polar surface area (TPSA) is 18.5 Å². The Hall–Kier alpha value is -0.275. The molecule has 3 heteroatoms. The monoisotopic (exact) mass is 266 g/mol. The molecular weight excluding hydrogens is 235 g/mol. The van der Waals surface area contributed by atoms with Crippen LogP contribution in [0.5, 0.6) is 0 Å². The van der Waals surface area contributed by atoms with Crippen LogP contribution in [0, 0.1) is 0 Å². The summed E-state index contributed by atoms with van der Waals surface area (Å²) in [7, 11) is -0.145. The van der Waals surface area contributed by atoms with Gasteiger partial charge in [-0.3, -0.25) is 0 Å². The van der Waals surface area contributed by atoms with E-state index in [1.807, 2.05) is 0 Å². The number of hydrogen-bond acceptors (Lipinski definition) is 2. The minimum absolute atomic E-state index is 0.145. The van der Waals surface area contributed by atoms with Gasteiger partial charge in [-0.05, 0) is 46.0 Å². The molecule has 1 saturated heterocycles. The zero-order chi connectivity index (χ0) is 14.5. The van der Waals surface area contributed by atoms with Gasteiger partial charge in [-0.15, -0.1) is 0 Å². The fraction of sp³-hybridized carbons (Fsp3) is 0.875. The fourth-order valence-corrected chi connectivity index (χ4v) is 2.18. The Labute approximate surface area is 120 Å². The minimum Gasteiger partial charge on any atom is -0.400 e. The standard InChI is InChI=1S/C16H31BO2/c1-7-9-11-13-14(12-10-8-2)17-18-15(3,4)16(5,6)19-17/h13H,7-12H2,1-6H3. The quantitative estimate of drug-likeness (QED) is 0.480. The molecule has 1 aliphatic heterocycles. The summed E-state index contributed by atoms with van der Waals surface area (Å²) in [5.74, 6) is 0. The third-order valence-corrected chi connectivity index (χ3v) is 4.34. The van der Waals surface area contributed by atoms with Gasteiger partial charge in [-0.25, -0.2) is 0 Å². The van der Waals surface area contributed by atoms with Gasteiger partial charge in [0.15, 0.2) is 0 Å². The minimum atomic E-state index is -0.228. The predicted molar refractivity (Wildman–Crippen MR) is 83.2 cm³/mol. The lowest BCUT2D eigenvalue weighted by Crippen LogP contribution is -2.41. The van der Waals surface area contributed by atoms with Gasteiger partial charge >= 0.3 is 7.12 Å². The van der Waals surface area contributed by atoms with Crippen LogP contribution in [0.3, 0.4) is 0 Å². The molecule has 0 aromatic rings. The van der Waals surface area contributed by atoms with E-state index in [4.69, 9.17) is 9.31 Å². The van der Waals surface area contributed by atoms with E-state index in [-0.39, 0.29) is 18.3 Å². The molecule has 0 amide bonds. The van der Waals surface area contributed by atoms with Crippen LogP contribution >= 0.6 is 0 Å². The van der Waals surface area contributed by atoms with E-state index in [2.05, 4.69) is 47.6 Å². The molecule has 0 aromatic heterocycles. The highest BCUT2D eigenvalue weighted by atomic mass is 16.7. The van der Waals surface area contributed by atoms with Crippen molar-refractivity contribution in [1.82, 2.24) is 0 Å². The van der Waals surface area contributed by atoms with Crippen LogP contribution in [0.15, 0.2) is 11.5 Å². The van der Waals surface area contributed by atoms with Crippen LogP contribution in [-0.2, 0) is 9.31 Å². The van der Waals surface area contributed by atoms with E-state index in [1.54, 1.807) is 0 Å². The predicted octanol–water partition coefficient (Wildman–Crippen LogP) is 4.92. The molecule has 0 N–H and O–H groups in total. The number of allylic oxidation sites excluding steroid dienone is 2. The fourth-order valence-electron chi connectivity index (χ4n) is 2.18. The van der Waals surface area contributed by atoms with Crippen molar-refractivity contribution in [1.29, 1.82) is 0 Å². The SMILES string of the molecule is CCCCC=C(CCCC)B1OC(C)(C)C(C)(C)O1. The number of hydrogen-bond donors (Lipinski definition) is 0. The van der Waals surface area contributed by atoms with Gasteiger partial charge in [0.1, 0.15) is 0 Å². The van der Waals surface area contributed by atoms with Crippen molar-refractivity contribution in [3.8, 4) is 0 Å². The van der Waals surface area contributed by atoms with Crippen LogP contribution in [0.4, 0.5) is 0 Å². The Morgan fingerprint density at radius 3 is 1.95 bits per heavy atom. The molecule has 1 fully saturated rings. The van der Waals surface area contributed by atoms with Crippen LogP contribution in [0.2, 0.25) is 0 Å². The second-order valence-electron chi connectivity index (χ2n) is 6.61. The summed E-state index contributed by atoms with van der Waals surface area (Å²) < 4.78 is 12.3. The highest BCUT2D eigenvalue weighted by Gasteiger charge is 2.51. The molecule has 1 aliphatic rings. The van der Waals surface area contributed by atoms with Crippen LogP contribution in [0.25, 0.3) is 0 Å². The summed E-state index contributed by atoms with van der Waals surface area (Å²) in [5, 5.41) is 0. The second-order valence-corrected chi connectivity index (χ2v) is 6.61. The molecule has 19 heavy (non-hydrogen) atoms. The van der Waals surface area contributed by atoms with Crippen molar-refractivity contribution in [2.45, 2.75) is 91.3 Å². The van der Waals surface area contributed by atoms with Crippen molar-refractivity contribution >= 4 is 7.12 Å². The van der Waals surface area contributed by atoms with E-state index in [9.17, 15) is 0 Å². The largest absolute Gasteiger partial charge is 0.490 e. The van der Waals surface area contributed by atoms with Crippen LogP contribution in [-0.4, -0.2) is 18.3 Å². The molecule has 0 aliphatic carbocycles. The molecular formula is C16H31BO2. The summed E-state index contributed by atoms with van der Waals surface area (Å²) in [6, 6.07) is 0. The Bertz CT molecular complexity index is 292. The highest BCUT2D eigenvalue weighted by molar-refractivity contribution is 6.54. The number of rotatable bonds is 7. The van der Waals surface area contributed by atoms with Crippen molar-refractivity contribution in [3.63, 3.8) is 0 Å². The molecule has 0 unspecified atom stereocenters. The van der Waals surface area contributed by atoms with E-state index >= 15 is 0 Å². The number of unbranched alkanes of at least 4 members (excludes halogenated alkanes) is 3. The summed E-state index contributed by atoms with van der Waals surface area (Å²) in [6.45, 7) is 12.9. The molecule has 0 spiro atoms. The Morgan fingerprint density at radius 2 is 1.47 bits per heavy atom. The highest BCUT2D eigenvalue weighted by Crippen LogP contribution is 2.39. The Morgan fingerprint density at radius 1 is 0.947 bits per heavy atom. The molecule has 0 atom stereocenters. The molecule has 1 rings (SSSR count). The second kappa shape index (κ2) is 6.94. The Kier molecular flexibility index (Phi) is 6.13. The molecule has 2 nitrogen and oxygen atoms in total. The zero-order valence-electron chi connectivity index (χ0n) is 13.7. The first-order valence-electron chi connectivity index (χ1n) is 7.88. The van der Waals surface area contributed by atoms with E-state index in [0.29, 0.717) is 0 Å². The maximum Gasteiger partial charge on any atom is 0.490 e. The normalized spacial score (nSPS) is 22.0.